The molecule has 0 radical (unpaired) electrons. The van der Waals surface area contributed by atoms with Gasteiger partial charge in [-0.1, -0.05) is 0 Å². The van der Waals surface area contributed by atoms with E-state index >= 15 is 0 Å². The Labute approximate surface area is 147 Å². The lowest BCUT2D eigenvalue weighted by atomic mass is 10.1. The van der Waals surface area contributed by atoms with Gasteiger partial charge in [0.2, 0.25) is 0 Å². The largest absolute Gasteiger partial charge is 0.462 e. The SMILES string of the molecule is CCOC(=O)c1ccc(N/C(=C\C(=O)C(F)(F)F)c2cccnc2)cc1. The number of ether oxygens (including phenoxy) is 1. The van der Waals surface area contributed by atoms with Crippen LogP contribution in [0.3, 0.4) is 0 Å². The minimum atomic E-state index is -4.98. The zero-order valence-electron chi connectivity index (χ0n) is 13.7. The highest BCUT2D eigenvalue weighted by Crippen LogP contribution is 2.23. The van der Waals surface area contributed by atoms with Crippen LogP contribution in [0.1, 0.15) is 22.8 Å². The van der Waals surface area contributed by atoms with Crippen LogP contribution in [0.4, 0.5) is 18.9 Å². The van der Waals surface area contributed by atoms with Gasteiger partial charge in [0.1, 0.15) is 0 Å². The average molecular weight is 364 g/mol. The minimum absolute atomic E-state index is 0.0655. The third-order valence-corrected chi connectivity index (χ3v) is 3.20. The summed E-state index contributed by atoms with van der Waals surface area (Å²) in [5.41, 5.74) is 0.933. The Morgan fingerprint density at radius 2 is 1.85 bits per heavy atom. The third kappa shape index (κ3) is 5.17. The second-order valence-electron chi connectivity index (χ2n) is 5.08. The zero-order valence-corrected chi connectivity index (χ0v) is 13.7. The van der Waals surface area contributed by atoms with E-state index in [9.17, 15) is 22.8 Å². The van der Waals surface area contributed by atoms with Crippen LogP contribution in [0.25, 0.3) is 5.70 Å². The van der Waals surface area contributed by atoms with Gasteiger partial charge in [-0.15, -0.1) is 0 Å². The maximum Gasteiger partial charge on any atom is 0.454 e. The first kappa shape index (κ1) is 19.2. The van der Waals surface area contributed by atoms with Gasteiger partial charge >= 0.3 is 12.1 Å². The molecule has 1 heterocycles. The number of anilines is 1. The maximum atomic E-state index is 12.6. The number of benzene rings is 1. The first-order valence-corrected chi connectivity index (χ1v) is 7.58. The number of allylic oxidation sites excluding steroid dienone is 1. The summed E-state index contributed by atoms with van der Waals surface area (Å²) in [5.74, 6) is -2.50. The maximum absolute atomic E-state index is 12.6. The molecule has 0 saturated carbocycles. The number of rotatable bonds is 6. The fourth-order valence-corrected chi connectivity index (χ4v) is 1.99. The van der Waals surface area contributed by atoms with E-state index in [2.05, 4.69) is 10.3 Å². The first-order chi connectivity index (χ1) is 12.3. The van der Waals surface area contributed by atoms with Gasteiger partial charge in [-0.2, -0.15) is 13.2 Å². The second kappa shape index (κ2) is 8.28. The van der Waals surface area contributed by atoms with Crippen molar-refractivity contribution in [2.75, 3.05) is 11.9 Å². The number of nitrogens with zero attached hydrogens (tertiary/aromatic N) is 1. The van der Waals surface area contributed by atoms with Gasteiger partial charge in [0, 0.05) is 29.7 Å². The number of pyridine rings is 1. The molecule has 8 heteroatoms. The quantitative estimate of drug-likeness (QED) is 0.623. The second-order valence-corrected chi connectivity index (χ2v) is 5.08. The third-order valence-electron chi connectivity index (χ3n) is 3.20. The summed E-state index contributed by atoms with van der Waals surface area (Å²) in [6.07, 6.45) is -1.73. The molecule has 0 saturated heterocycles. The number of nitrogens with one attached hydrogen (secondary N) is 1. The lowest BCUT2D eigenvalue weighted by molar-refractivity contribution is -0.165. The van der Waals surface area contributed by atoms with Crippen LogP contribution in [0.15, 0.2) is 54.9 Å². The van der Waals surface area contributed by atoms with Crippen LogP contribution in [-0.4, -0.2) is 29.5 Å². The van der Waals surface area contributed by atoms with E-state index in [4.69, 9.17) is 4.74 Å². The van der Waals surface area contributed by atoms with E-state index in [1.165, 1.54) is 48.8 Å². The van der Waals surface area contributed by atoms with Gasteiger partial charge < -0.3 is 10.1 Å². The Kier molecular flexibility index (Phi) is 6.11. The van der Waals surface area contributed by atoms with Crippen molar-refractivity contribution in [3.63, 3.8) is 0 Å². The minimum Gasteiger partial charge on any atom is -0.462 e. The van der Waals surface area contributed by atoms with Gasteiger partial charge in [0.25, 0.3) is 5.78 Å². The Hall–Kier alpha value is -3.16. The normalized spacial score (nSPS) is 11.8. The lowest BCUT2D eigenvalue weighted by Crippen LogP contribution is -2.21. The van der Waals surface area contributed by atoms with Crippen molar-refractivity contribution >= 4 is 23.1 Å². The average Bonchev–Trinajstić information content (AvgIpc) is 2.62. The topological polar surface area (TPSA) is 68.3 Å². The molecule has 0 aliphatic heterocycles. The number of aromatic nitrogens is 1. The fourth-order valence-electron chi connectivity index (χ4n) is 1.99. The molecule has 0 amide bonds. The monoisotopic (exact) mass is 364 g/mol. The van der Waals surface area contributed by atoms with Crippen molar-refractivity contribution in [1.82, 2.24) is 4.98 Å². The molecular formula is C18H15F3N2O3. The van der Waals surface area contributed by atoms with Gasteiger partial charge in [0.15, 0.2) is 0 Å². The van der Waals surface area contributed by atoms with E-state index in [-0.39, 0.29) is 12.3 Å². The van der Waals surface area contributed by atoms with E-state index < -0.39 is 17.9 Å². The van der Waals surface area contributed by atoms with Crippen molar-refractivity contribution in [1.29, 1.82) is 0 Å². The smallest absolute Gasteiger partial charge is 0.454 e. The van der Waals surface area contributed by atoms with Gasteiger partial charge in [-0.05, 0) is 43.3 Å². The molecule has 0 aliphatic carbocycles. The molecule has 0 unspecified atom stereocenters. The summed E-state index contributed by atoms with van der Waals surface area (Å²) in [7, 11) is 0. The standard InChI is InChI=1S/C18H15F3N2O3/c1-2-26-17(25)12-5-7-14(8-6-12)23-15(10-16(24)18(19,20)21)13-4-3-9-22-11-13/h3-11,23H,2H2,1H3/b15-10-. The highest BCUT2D eigenvalue weighted by atomic mass is 19.4. The van der Waals surface area contributed by atoms with E-state index in [1.807, 2.05) is 0 Å². The predicted octanol–water partition coefficient (Wildman–Crippen LogP) is 3.84. The molecule has 1 aromatic heterocycles. The van der Waals surface area contributed by atoms with Crippen molar-refractivity contribution in [2.24, 2.45) is 0 Å². The van der Waals surface area contributed by atoms with Gasteiger partial charge in [0.05, 0.1) is 17.9 Å². The summed E-state index contributed by atoms with van der Waals surface area (Å²) in [4.78, 5) is 26.8. The highest BCUT2D eigenvalue weighted by Gasteiger charge is 2.36. The first-order valence-electron chi connectivity index (χ1n) is 7.58. The van der Waals surface area contributed by atoms with E-state index in [0.717, 1.165) is 0 Å². The Morgan fingerprint density at radius 1 is 1.15 bits per heavy atom. The molecule has 136 valence electrons. The van der Waals surface area contributed by atoms with Crippen LogP contribution >= 0.6 is 0 Å². The zero-order chi connectivity index (χ0) is 19.2. The molecule has 1 N–H and O–H groups in total. The summed E-state index contributed by atoms with van der Waals surface area (Å²) in [6, 6.07) is 8.97. The number of esters is 1. The summed E-state index contributed by atoms with van der Waals surface area (Å²) in [6.45, 7) is 1.91. The van der Waals surface area contributed by atoms with E-state index in [0.29, 0.717) is 22.9 Å². The molecule has 0 atom stereocenters. The van der Waals surface area contributed by atoms with Crippen LogP contribution in [0.2, 0.25) is 0 Å². The Bertz CT molecular complexity index is 801. The molecule has 0 fully saturated rings. The number of carbonyl (C=O) groups excluding carboxylic acids is 2. The molecule has 2 rings (SSSR count). The van der Waals surface area contributed by atoms with Crippen LogP contribution in [-0.2, 0) is 9.53 Å². The molecule has 5 nitrogen and oxygen atoms in total. The van der Waals surface area contributed by atoms with Crippen LogP contribution in [0.5, 0.6) is 0 Å². The van der Waals surface area contributed by atoms with Crippen LogP contribution < -0.4 is 5.32 Å². The number of hydrogen-bond donors (Lipinski definition) is 1. The molecule has 0 bridgehead atoms. The fraction of sp³-hybridized carbons (Fsp3) is 0.167. The van der Waals surface area contributed by atoms with Gasteiger partial charge in [-0.3, -0.25) is 9.78 Å². The number of alkyl halides is 3. The molecule has 2 aromatic rings. The predicted molar refractivity (Wildman–Crippen MR) is 89.3 cm³/mol. The summed E-state index contributed by atoms with van der Waals surface area (Å²) >= 11 is 0. The van der Waals surface area contributed by atoms with Crippen molar-refractivity contribution in [3.05, 3.63) is 66.0 Å². The Balaban J connectivity index is 2.29. The van der Waals surface area contributed by atoms with E-state index in [1.54, 1.807) is 6.92 Å². The number of ketones is 1. The summed E-state index contributed by atoms with van der Waals surface area (Å²) in [5, 5.41) is 2.74. The number of hydrogen-bond acceptors (Lipinski definition) is 5. The number of carbonyl (C=O) groups is 2. The molecule has 0 spiro atoms. The van der Waals surface area contributed by atoms with Crippen molar-refractivity contribution in [2.45, 2.75) is 13.1 Å². The summed E-state index contributed by atoms with van der Waals surface area (Å²) < 4.78 is 42.6. The highest BCUT2D eigenvalue weighted by molar-refractivity contribution is 6.02. The lowest BCUT2D eigenvalue weighted by Gasteiger charge is -2.12. The molecule has 1 aromatic carbocycles. The van der Waals surface area contributed by atoms with Crippen molar-refractivity contribution in [3.8, 4) is 0 Å². The van der Waals surface area contributed by atoms with Crippen molar-refractivity contribution < 1.29 is 27.5 Å². The molecule has 0 aliphatic rings. The van der Waals surface area contributed by atoms with Gasteiger partial charge in [-0.25, -0.2) is 4.79 Å². The van der Waals surface area contributed by atoms with Crippen LogP contribution in [0, 0.1) is 0 Å². The number of halogens is 3. The molecular weight excluding hydrogens is 349 g/mol. The molecule has 26 heavy (non-hydrogen) atoms. The Morgan fingerprint density at radius 3 is 2.38 bits per heavy atom.